The van der Waals surface area contributed by atoms with E-state index in [1.165, 1.54) is 0 Å². The Hall–Kier alpha value is -4.45. The first-order valence-corrected chi connectivity index (χ1v) is 15.2. The molecule has 5 aromatic rings. The number of anilines is 1. The second-order valence-electron chi connectivity index (χ2n) is 10.8. The number of fused-ring (bicyclic) bond motifs is 2. The molecular formula is C36H38N4O2. The van der Waals surface area contributed by atoms with E-state index in [9.17, 15) is 4.79 Å². The molecule has 0 saturated carbocycles. The zero-order chi connectivity index (χ0) is 29.3. The van der Waals surface area contributed by atoms with E-state index in [4.69, 9.17) is 9.72 Å². The Balaban J connectivity index is 1.77. The topological polar surface area (TPSA) is 60.2 Å². The van der Waals surface area contributed by atoms with E-state index in [0.717, 1.165) is 83.4 Å². The van der Waals surface area contributed by atoms with Crippen molar-refractivity contribution in [3.63, 3.8) is 0 Å². The molecule has 0 amide bonds. The molecule has 1 atom stereocenters. The van der Waals surface area contributed by atoms with Gasteiger partial charge in [-0.3, -0.25) is 4.98 Å². The number of benzene rings is 3. The summed E-state index contributed by atoms with van der Waals surface area (Å²) in [6, 6.07) is 25.5. The molecule has 0 fully saturated rings. The second kappa shape index (κ2) is 11.4. The third-order valence-corrected chi connectivity index (χ3v) is 8.55. The highest BCUT2D eigenvalue weighted by atomic mass is 16.6. The van der Waals surface area contributed by atoms with Crippen LogP contribution in [0.15, 0.2) is 85.2 Å². The minimum absolute atomic E-state index is 0.275. The van der Waals surface area contributed by atoms with Crippen LogP contribution in [0, 0.1) is 0 Å². The number of hydrogen-bond donors (Lipinski definition) is 0. The SMILES string of the molecule is CCCCn1c(-c2ccccc2)c(C2(c3ccc(N(CC)CC)cc3CC)OC(=O)c3nccnc32)c2ccccc21. The summed E-state index contributed by atoms with van der Waals surface area (Å²) in [6.45, 7) is 11.4. The Labute approximate surface area is 248 Å². The van der Waals surface area contributed by atoms with Gasteiger partial charge in [-0.05, 0) is 56.0 Å². The first kappa shape index (κ1) is 27.7. The van der Waals surface area contributed by atoms with Crippen LogP contribution in [0.2, 0.25) is 0 Å². The van der Waals surface area contributed by atoms with Crippen molar-refractivity contribution in [2.75, 3.05) is 18.0 Å². The molecule has 6 rings (SSSR count). The van der Waals surface area contributed by atoms with Gasteiger partial charge >= 0.3 is 5.97 Å². The van der Waals surface area contributed by atoms with Gasteiger partial charge in [0.05, 0.1) is 5.69 Å². The van der Waals surface area contributed by atoms with E-state index in [-0.39, 0.29) is 5.69 Å². The van der Waals surface area contributed by atoms with Gasteiger partial charge in [-0.15, -0.1) is 0 Å². The van der Waals surface area contributed by atoms with Crippen molar-refractivity contribution in [3.8, 4) is 11.3 Å². The van der Waals surface area contributed by atoms with Crippen LogP contribution in [0.5, 0.6) is 0 Å². The Morgan fingerprint density at radius 2 is 1.62 bits per heavy atom. The molecular weight excluding hydrogens is 520 g/mol. The van der Waals surface area contributed by atoms with Crippen LogP contribution in [0.4, 0.5) is 5.69 Å². The quantitative estimate of drug-likeness (QED) is 0.164. The van der Waals surface area contributed by atoms with E-state index in [0.29, 0.717) is 5.69 Å². The Bertz CT molecular complexity index is 1740. The molecule has 0 saturated heterocycles. The number of cyclic esters (lactones) is 1. The molecule has 1 unspecified atom stereocenters. The molecule has 0 spiro atoms. The van der Waals surface area contributed by atoms with Crippen LogP contribution < -0.4 is 4.90 Å². The fourth-order valence-corrected chi connectivity index (χ4v) is 6.57. The van der Waals surface area contributed by atoms with Crippen molar-refractivity contribution in [2.45, 2.75) is 59.1 Å². The van der Waals surface area contributed by atoms with Crippen LogP contribution in [-0.2, 0) is 23.3 Å². The highest BCUT2D eigenvalue weighted by Crippen LogP contribution is 2.53. The molecule has 1 aliphatic rings. The average molecular weight is 559 g/mol. The molecule has 0 N–H and O–H groups in total. The van der Waals surface area contributed by atoms with E-state index >= 15 is 0 Å². The minimum atomic E-state index is -1.27. The number of carbonyl (C=O) groups is 1. The lowest BCUT2D eigenvalue weighted by Gasteiger charge is -2.33. The third kappa shape index (κ3) is 4.28. The summed E-state index contributed by atoms with van der Waals surface area (Å²) in [7, 11) is 0. The van der Waals surface area contributed by atoms with Crippen LogP contribution in [0.3, 0.4) is 0 Å². The van der Waals surface area contributed by atoms with Gasteiger partial charge in [0.25, 0.3) is 0 Å². The lowest BCUT2D eigenvalue weighted by Crippen LogP contribution is -2.33. The van der Waals surface area contributed by atoms with Gasteiger partial charge < -0.3 is 14.2 Å². The highest BCUT2D eigenvalue weighted by molar-refractivity contribution is 5.99. The second-order valence-corrected chi connectivity index (χ2v) is 10.8. The van der Waals surface area contributed by atoms with Crippen LogP contribution in [0.1, 0.15) is 73.4 Å². The number of para-hydroxylation sites is 1. The molecule has 1 aliphatic heterocycles. The molecule has 6 nitrogen and oxygen atoms in total. The predicted molar refractivity (Wildman–Crippen MR) is 169 cm³/mol. The predicted octanol–water partition coefficient (Wildman–Crippen LogP) is 7.77. The summed E-state index contributed by atoms with van der Waals surface area (Å²) in [5.41, 5.74) is 6.95. The Morgan fingerprint density at radius 3 is 2.36 bits per heavy atom. The Kier molecular flexibility index (Phi) is 7.55. The van der Waals surface area contributed by atoms with E-state index in [1.807, 2.05) is 6.07 Å². The molecule has 214 valence electrons. The Morgan fingerprint density at radius 1 is 0.881 bits per heavy atom. The van der Waals surface area contributed by atoms with Crippen molar-refractivity contribution in [3.05, 3.63) is 113 Å². The van der Waals surface area contributed by atoms with Crippen molar-refractivity contribution in [2.24, 2.45) is 0 Å². The first-order chi connectivity index (χ1) is 20.6. The number of unbranched alkanes of at least 4 members (excludes halogenated alkanes) is 1. The van der Waals surface area contributed by atoms with E-state index in [2.05, 4.69) is 109 Å². The molecule has 2 aromatic heterocycles. The zero-order valence-corrected chi connectivity index (χ0v) is 24.9. The maximum Gasteiger partial charge on any atom is 0.360 e. The molecule has 0 radical (unpaired) electrons. The smallest absolute Gasteiger partial charge is 0.360 e. The number of esters is 1. The number of aryl methyl sites for hydroxylation is 2. The number of aromatic nitrogens is 3. The molecule has 42 heavy (non-hydrogen) atoms. The number of hydrogen-bond acceptors (Lipinski definition) is 5. The number of rotatable bonds is 10. The largest absolute Gasteiger partial charge is 0.438 e. The highest BCUT2D eigenvalue weighted by Gasteiger charge is 2.54. The standard InChI is InChI=1S/C36H38N4O2/c1-5-9-23-40-30-18-14-13-17-28(30)31(33(40)26-15-11-10-12-16-26)36(34-32(35(41)42-36)37-21-22-38-34)29-20-19-27(24-25(29)6-2)39(7-3)8-4/h10-22,24H,5-9,23H2,1-4H3. The molecule has 3 aromatic carbocycles. The first-order valence-electron chi connectivity index (χ1n) is 15.2. The zero-order valence-electron chi connectivity index (χ0n) is 24.9. The summed E-state index contributed by atoms with van der Waals surface area (Å²) in [4.78, 5) is 25.4. The maximum atomic E-state index is 13.7. The van der Waals surface area contributed by atoms with Crippen molar-refractivity contribution in [1.82, 2.24) is 14.5 Å². The van der Waals surface area contributed by atoms with E-state index in [1.54, 1.807) is 12.4 Å². The summed E-state index contributed by atoms with van der Waals surface area (Å²) >= 11 is 0. The third-order valence-electron chi connectivity index (χ3n) is 8.55. The summed E-state index contributed by atoms with van der Waals surface area (Å²) in [5.74, 6) is -0.447. The van der Waals surface area contributed by atoms with Crippen molar-refractivity contribution < 1.29 is 9.53 Å². The average Bonchev–Trinajstić information content (AvgIpc) is 3.53. The fraction of sp³-hybridized carbons (Fsp3) is 0.306. The normalized spacial score (nSPS) is 16.0. The monoisotopic (exact) mass is 558 g/mol. The lowest BCUT2D eigenvalue weighted by molar-refractivity contribution is 0.0244. The van der Waals surface area contributed by atoms with Gasteiger partial charge in [-0.25, -0.2) is 9.78 Å². The number of ether oxygens (including phenoxy) is 1. The van der Waals surface area contributed by atoms with Gasteiger partial charge in [0.15, 0.2) is 5.69 Å². The summed E-state index contributed by atoms with van der Waals surface area (Å²) < 4.78 is 9.09. The summed E-state index contributed by atoms with van der Waals surface area (Å²) in [6.07, 6.45) is 6.11. The van der Waals surface area contributed by atoms with Gasteiger partial charge in [0.2, 0.25) is 5.60 Å². The number of carbonyl (C=O) groups excluding carboxylic acids is 1. The maximum absolute atomic E-state index is 13.7. The van der Waals surface area contributed by atoms with Gasteiger partial charge in [0.1, 0.15) is 5.69 Å². The van der Waals surface area contributed by atoms with E-state index < -0.39 is 11.6 Å². The number of nitrogens with zero attached hydrogens (tertiary/aromatic N) is 4. The van der Waals surface area contributed by atoms with Gasteiger partial charge in [-0.2, -0.15) is 0 Å². The minimum Gasteiger partial charge on any atom is -0.438 e. The van der Waals surface area contributed by atoms with Gasteiger partial charge in [0, 0.05) is 59.7 Å². The summed E-state index contributed by atoms with van der Waals surface area (Å²) in [5, 5.41) is 1.05. The molecule has 3 heterocycles. The van der Waals surface area contributed by atoms with Crippen LogP contribution in [0.25, 0.3) is 22.2 Å². The molecule has 6 heteroatoms. The lowest BCUT2D eigenvalue weighted by atomic mass is 9.78. The van der Waals surface area contributed by atoms with Crippen molar-refractivity contribution >= 4 is 22.6 Å². The fourth-order valence-electron chi connectivity index (χ4n) is 6.57. The van der Waals surface area contributed by atoms with Gasteiger partial charge in [-0.1, -0.05) is 74.9 Å². The van der Waals surface area contributed by atoms with Crippen LogP contribution in [-0.4, -0.2) is 33.6 Å². The van der Waals surface area contributed by atoms with Crippen molar-refractivity contribution in [1.29, 1.82) is 0 Å². The van der Waals surface area contributed by atoms with Crippen LogP contribution >= 0.6 is 0 Å². The molecule has 0 aliphatic carbocycles. The molecule has 0 bridgehead atoms.